The molecule has 0 spiro atoms. The molecule has 0 rings (SSSR count). The number of carbonyl (C=O) groups is 3. The number of rotatable bonds is 6. The van der Waals surface area contributed by atoms with Crippen LogP contribution in [0.5, 0.6) is 0 Å². The predicted molar refractivity (Wildman–Crippen MR) is 64.5 cm³/mol. The van der Waals surface area contributed by atoms with Gasteiger partial charge in [0.1, 0.15) is 12.1 Å². The van der Waals surface area contributed by atoms with Gasteiger partial charge in [-0.05, 0) is 5.92 Å². The van der Waals surface area contributed by atoms with Gasteiger partial charge in [0.2, 0.25) is 5.91 Å². The molecule has 0 aliphatic carbocycles. The van der Waals surface area contributed by atoms with Crippen molar-refractivity contribution in [3.05, 3.63) is 0 Å². The van der Waals surface area contributed by atoms with E-state index in [0.29, 0.717) is 0 Å². The van der Waals surface area contributed by atoms with Crippen molar-refractivity contribution in [1.29, 1.82) is 0 Å². The highest BCUT2D eigenvalue weighted by Gasteiger charge is 2.17. The number of hydrogen-bond donors (Lipinski definition) is 5. The molecule has 0 unspecified atom stereocenters. The molecule has 0 fully saturated rings. The first kappa shape index (κ1) is 18.7. The zero-order valence-electron chi connectivity index (χ0n) is 10.5. The number of amides is 1. The van der Waals surface area contributed by atoms with Crippen molar-refractivity contribution >= 4 is 17.8 Å². The molecule has 106 valence electrons. The zero-order valence-corrected chi connectivity index (χ0v) is 10.5. The summed E-state index contributed by atoms with van der Waals surface area (Å²) >= 11 is 0. The summed E-state index contributed by atoms with van der Waals surface area (Å²) in [6, 6.07) is -1.86. The molecular weight excluding hydrogens is 242 g/mol. The van der Waals surface area contributed by atoms with Crippen LogP contribution in [-0.2, 0) is 14.4 Å². The average molecular weight is 263 g/mol. The minimum atomic E-state index is -1.21. The van der Waals surface area contributed by atoms with Gasteiger partial charge in [-0.2, -0.15) is 0 Å². The van der Waals surface area contributed by atoms with Gasteiger partial charge in [0.25, 0.3) is 0 Å². The fourth-order valence-electron chi connectivity index (χ4n) is 0.801. The third kappa shape index (κ3) is 9.55. The summed E-state index contributed by atoms with van der Waals surface area (Å²) in [5, 5.41) is 16.5. The molecule has 0 aliphatic rings. The van der Waals surface area contributed by atoms with Crippen LogP contribution in [0.25, 0.3) is 0 Å². The average Bonchev–Trinajstić information content (AvgIpc) is 2.26. The molecule has 8 heteroatoms. The molecule has 18 heavy (non-hydrogen) atoms. The number of carboxylic acids is 2. The Bertz CT molecular complexity index is 295. The van der Waals surface area contributed by atoms with E-state index in [2.05, 4.69) is 5.73 Å². The second-order valence-corrected chi connectivity index (χ2v) is 3.86. The van der Waals surface area contributed by atoms with Crippen molar-refractivity contribution in [2.45, 2.75) is 38.8 Å². The Balaban J connectivity index is 0. The minimum absolute atomic E-state index is 0.0718. The number of carboxylic acid groups (broad SMARTS) is 2. The molecule has 8 nitrogen and oxygen atoms in total. The first-order valence-corrected chi connectivity index (χ1v) is 5.38. The van der Waals surface area contributed by atoms with E-state index in [0.717, 1.165) is 6.42 Å². The summed E-state index contributed by atoms with van der Waals surface area (Å²) in [5.74, 6) is -2.76. The van der Waals surface area contributed by atoms with E-state index in [-0.39, 0.29) is 12.3 Å². The standard InChI is InChI=1S/C6H13NO2.C4H8N2O3/c1-3-4(2)5(7)6(8)9;5-2(4(8)9)1-3(6)7/h4-5H,3,7H2,1-2H3,(H,8,9);2H,1,5H2,(H2,6,7)(H,8,9)/t4-,5-;2-/m00/s1. The van der Waals surface area contributed by atoms with Gasteiger partial charge in [-0.1, -0.05) is 20.3 Å². The van der Waals surface area contributed by atoms with Gasteiger partial charge in [0, 0.05) is 0 Å². The van der Waals surface area contributed by atoms with Crippen LogP contribution in [0.2, 0.25) is 0 Å². The summed E-state index contributed by atoms with van der Waals surface area (Å²) in [6.07, 6.45) is 0.503. The van der Waals surface area contributed by atoms with Crippen LogP contribution in [0.3, 0.4) is 0 Å². The lowest BCUT2D eigenvalue weighted by Crippen LogP contribution is -2.36. The van der Waals surface area contributed by atoms with Crippen LogP contribution >= 0.6 is 0 Å². The fourth-order valence-corrected chi connectivity index (χ4v) is 0.801. The van der Waals surface area contributed by atoms with Crippen LogP contribution in [0.1, 0.15) is 26.7 Å². The first-order valence-electron chi connectivity index (χ1n) is 5.38. The predicted octanol–water partition coefficient (Wildman–Crippen LogP) is -1.28. The third-order valence-corrected chi connectivity index (χ3v) is 2.28. The smallest absolute Gasteiger partial charge is 0.321 e. The van der Waals surface area contributed by atoms with Gasteiger partial charge in [-0.25, -0.2) is 0 Å². The minimum Gasteiger partial charge on any atom is -0.480 e. The lowest BCUT2D eigenvalue weighted by atomic mass is 10.0. The van der Waals surface area contributed by atoms with E-state index in [1.54, 1.807) is 0 Å². The van der Waals surface area contributed by atoms with Crippen LogP contribution in [0.4, 0.5) is 0 Å². The Morgan fingerprint density at radius 3 is 1.67 bits per heavy atom. The molecular formula is C10H21N3O5. The summed E-state index contributed by atoms with van der Waals surface area (Å²) in [6.45, 7) is 3.76. The Hall–Kier alpha value is -1.67. The van der Waals surface area contributed by atoms with Crippen LogP contribution in [-0.4, -0.2) is 40.1 Å². The van der Waals surface area contributed by atoms with Gasteiger partial charge in [0.05, 0.1) is 6.42 Å². The maximum absolute atomic E-state index is 10.2. The molecule has 0 saturated heterocycles. The molecule has 0 saturated carbocycles. The van der Waals surface area contributed by atoms with Crippen molar-refractivity contribution in [3.8, 4) is 0 Å². The summed E-state index contributed by atoms with van der Waals surface area (Å²) in [4.78, 5) is 30.1. The number of hydrogen-bond acceptors (Lipinski definition) is 5. The highest BCUT2D eigenvalue weighted by Crippen LogP contribution is 2.04. The van der Waals surface area contributed by atoms with Crippen molar-refractivity contribution in [2.24, 2.45) is 23.1 Å². The monoisotopic (exact) mass is 263 g/mol. The van der Waals surface area contributed by atoms with Gasteiger partial charge in [0.15, 0.2) is 0 Å². The van der Waals surface area contributed by atoms with E-state index in [1.165, 1.54) is 0 Å². The zero-order chi connectivity index (χ0) is 14.9. The van der Waals surface area contributed by atoms with E-state index >= 15 is 0 Å². The first-order chi connectivity index (χ1) is 8.13. The molecule has 1 amide bonds. The lowest BCUT2D eigenvalue weighted by Gasteiger charge is -2.11. The lowest BCUT2D eigenvalue weighted by molar-refractivity contribution is -0.140. The normalized spacial score (nSPS) is 14.7. The second kappa shape index (κ2) is 9.37. The largest absolute Gasteiger partial charge is 0.480 e. The van der Waals surface area contributed by atoms with E-state index < -0.39 is 29.9 Å². The summed E-state index contributed by atoms with van der Waals surface area (Å²) < 4.78 is 0. The highest BCUT2D eigenvalue weighted by atomic mass is 16.4. The van der Waals surface area contributed by atoms with Crippen LogP contribution < -0.4 is 17.2 Å². The molecule has 0 aromatic carbocycles. The molecule has 0 radical (unpaired) electrons. The Labute approximate surface area is 105 Å². The van der Waals surface area contributed by atoms with Gasteiger partial charge in [-0.15, -0.1) is 0 Å². The van der Waals surface area contributed by atoms with E-state index in [9.17, 15) is 14.4 Å². The SMILES string of the molecule is CC[C@H](C)[C@H](N)C(=O)O.NC(=O)C[C@H](N)C(=O)O. The van der Waals surface area contributed by atoms with Gasteiger partial charge >= 0.3 is 11.9 Å². The number of carbonyl (C=O) groups excluding carboxylic acids is 1. The van der Waals surface area contributed by atoms with Crippen LogP contribution in [0, 0.1) is 5.92 Å². The third-order valence-electron chi connectivity index (χ3n) is 2.28. The summed E-state index contributed by atoms with van der Waals surface area (Å²) in [5.41, 5.74) is 14.8. The highest BCUT2D eigenvalue weighted by molar-refractivity contribution is 5.83. The van der Waals surface area contributed by atoms with Crippen molar-refractivity contribution in [1.82, 2.24) is 0 Å². The number of primary amides is 1. The van der Waals surface area contributed by atoms with Gasteiger partial charge in [-0.3, -0.25) is 14.4 Å². The molecule has 0 aliphatic heterocycles. The fraction of sp³-hybridized carbons (Fsp3) is 0.700. The molecule has 0 aromatic heterocycles. The molecule has 8 N–H and O–H groups in total. The summed E-state index contributed by atoms with van der Waals surface area (Å²) in [7, 11) is 0. The van der Waals surface area contributed by atoms with Gasteiger partial charge < -0.3 is 27.4 Å². The van der Waals surface area contributed by atoms with Crippen molar-refractivity contribution < 1.29 is 24.6 Å². The number of aliphatic carboxylic acids is 2. The van der Waals surface area contributed by atoms with E-state index in [4.69, 9.17) is 21.7 Å². The molecule has 0 aromatic rings. The Morgan fingerprint density at radius 1 is 1.11 bits per heavy atom. The second-order valence-electron chi connectivity index (χ2n) is 3.86. The van der Waals surface area contributed by atoms with E-state index in [1.807, 2.05) is 13.8 Å². The molecule has 0 heterocycles. The molecule has 0 bridgehead atoms. The topological polar surface area (TPSA) is 170 Å². The quantitative estimate of drug-likeness (QED) is 0.397. The maximum atomic E-state index is 10.2. The molecule has 3 atom stereocenters. The van der Waals surface area contributed by atoms with Crippen molar-refractivity contribution in [2.75, 3.05) is 0 Å². The maximum Gasteiger partial charge on any atom is 0.321 e. The Kier molecular flexibility index (Phi) is 9.73. The van der Waals surface area contributed by atoms with Crippen LogP contribution in [0.15, 0.2) is 0 Å². The number of nitrogens with two attached hydrogens (primary N) is 3. The Morgan fingerprint density at radius 2 is 1.56 bits per heavy atom. The van der Waals surface area contributed by atoms with Crippen molar-refractivity contribution in [3.63, 3.8) is 0 Å².